The highest BCUT2D eigenvalue weighted by Gasteiger charge is 1.98. The van der Waals surface area contributed by atoms with Crippen molar-refractivity contribution in [2.24, 2.45) is 0 Å². The number of pyridine rings is 2. The van der Waals surface area contributed by atoms with Gasteiger partial charge in [0, 0.05) is 44.5 Å². The Morgan fingerprint density at radius 1 is 0.880 bits per heavy atom. The highest BCUT2D eigenvalue weighted by molar-refractivity contribution is 9.10. The normalized spacial score (nSPS) is 10.0. The molecule has 0 atom stereocenters. The van der Waals surface area contributed by atoms with E-state index < -0.39 is 0 Å². The first-order chi connectivity index (χ1) is 11.5. The van der Waals surface area contributed by atoms with E-state index in [0.29, 0.717) is 11.3 Å². The monoisotopic (exact) mass is 484 g/mol. The molecule has 0 fully saturated rings. The fraction of sp³-hybridized carbons (Fsp3) is 0.0667. The molecular weight excluding hydrogens is 475 g/mol. The first kappa shape index (κ1) is 19.4. The van der Waals surface area contributed by atoms with Crippen LogP contribution in [0.2, 0.25) is 5.28 Å². The van der Waals surface area contributed by atoms with Crippen LogP contribution in [0.3, 0.4) is 0 Å². The van der Waals surface area contributed by atoms with Gasteiger partial charge in [0.25, 0.3) is 0 Å². The highest BCUT2D eigenvalue weighted by Crippen LogP contribution is 2.15. The zero-order valence-electron chi connectivity index (χ0n) is 11.7. The smallest absolute Gasteiger partial charge is 0.290 e. The fourth-order valence-electron chi connectivity index (χ4n) is 1.79. The van der Waals surface area contributed by atoms with Crippen molar-refractivity contribution in [3.05, 3.63) is 61.6 Å². The molecule has 0 aliphatic heterocycles. The topological polar surface area (TPSA) is 97.3 Å². The number of halogens is 3. The Morgan fingerprint density at radius 3 is 2.28 bits per heavy atom. The van der Waals surface area contributed by atoms with Gasteiger partial charge in [-0.05, 0) is 55.6 Å². The number of H-pyrrole nitrogens is 1. The van der Waals surface area contributed by atoms with Crippen molar-refractivity contribution < 1.29 is 0 Å². The second-order valence-corrected chi connectivity index (χ2v) is 6.65. The Labute approximate surface area is 164 Å². The second kappa shape index (κ2) is 8.41. The van der Waals surface area contributed by atoms with E-state index in [2.05, 4.69) is 61.8 Å². The molecule has 0 unspecified atom stereocenters. The maximum Gasteiger partial charge on any atom is 0.346 e. The van der Waals surface area contributed by atoms with Crippen LogP contribution in [0.1, 0.15) is 7.43 Å². The number of nitrogens with zero attached hydrogens (tertiary/aromatic N) is 5. The van der Waals surface area contributed by atoms with Gasteiger partial charge in [0.2, 0.25) is 5.28 Å². The molecule has 0 saturated carbocycles. The van der Waals surface area contributed by atoms with E-state index in [-0.39, 0.29) is 18.4 Å². The lowest BCUT2D eigenvalue weighted by Crippen LogP contribution is -2.09. The summed E-state index contributed by atoms with van der Waals surface area (Å²) in [7, 11) is 0. The number of hydrogen-bond donors (Lipinski definition) is 1. The highest BCUT2D eigenvalue weighted by atomic mass is 79.9. The largest absolute Gasteiger partial charge is 0.346 e. The molecule has 128 valence electrons. The quantitative estimate of drug-likeness (QED) is 0.375. The number of aromatic amines is 1. The lowest BCUT2D eigenvalue weighted by molar-refractivity contribution is 1.09. The zero-order chi connectivity index (χ0) is 17.1. The number of nitrogens with one attached hydrogen (secondary N) is 1. The van der Waals surface area contributed by atoms with Gasteiger partial charge in [-0.15, -0.1) is 0 Å². The van der Waals surface area contributed by atoms with E-state index in [4.69, 9.17) is 11.6 Å². The maximum absolute atomic E-state index is 10.7. The van der Waals surface area contributed by atoms with Gasteiger partial charge in [-0.3, -0.25) is 4.98 Å². The van der Waals surface area contributed by atoms with E-state index in [1.165, 1.54) is 6.20 Å². The molecule has 25 heavy (non-hydrogen) atoms. The van der Waals surface area contributed by atoms with Crippen molar-refractivity contribution in [2.45, 2.75) is 7.43 Å². The van der Waals surface area contributed by atoms with Crippen molar-refractivity contribution >= 4 is 65.5 Å². The van der Waals surface area contributed by atoms with Crippen LogP contribution in [0, 0.1) is 0 Å². The fourth-order valence-corrected chi connectivity index (χ4v) is 2.62. The Kier molecular flexibility index (Phi) is 6.51. The number of hydrogen-bond acceptors (Lipinski definition) is 6. The molecule has 0 spiro atoms. The molecule has 4 heterocycles. The number of fused-ring (bicyclic) bond motifs is 2. The summed E-state index contributed by atoms with van der Waals surface area (Å²) in [6.07, 6.45) is 6.43. The van der Waals surface area contributed by atoms with Crippen molar-refractivity contribution in [1.82, 2.24) is 29.9 Å². The molecule has 4 aromatic heterocycles. The summed E-state index contributed by atoms with van der Waals surface area (Å²) in [5.41, 5.74) is 0.786. The predicted octanol–water partition coefficient (Wildman–Crippen LogP) is 4.16. The van der Waals surface area contributed by atoms with Crippen LogP contribution < -0.4 is 5.69 Å². The van der Waals surface area contributed by atoms with Gasteiger partial charge in [0.15, 0.2) is 5.65 Å². The third-order valence-corrected chi connectivity index (χ3v) is 3.85. The SMILES string of the molecule is C.Clc1ncc2cc(Br)cnc2n1.O=c1ncc2cc(Br)cnc2[nH]1. The summed E-state index contributed by atoms with van der Waals surface area (Å²) in [4.78, 5) is 32.7. The predicted molar refractivity (Wildman–Crippen MR) is 105 cm³/mol. The molecular formula is C15H11Br2ClN6O. The summed E-state index contributed by atoms with van der Waals surface area (Å²) >= 11 is 12.2. The Balaban J connectivity index is 0.000000173. The molecule has 0 amide bonds. The van der Waals surface area contributed by atoms with Crippen LogP contribution in [0.25, 0.3) is 22.1 Å². The van der Waals surface area contributed by atoms with Crippen LogP contribution >= 0.6 is 43.5 Å². The average molecular weight is 487 g/mol. The number of aromatic nitrogens is 6. The third kappa shape index (κ3) is 5.00. The summed E-state index contributed by atoms with van der Waals surface area (Å²) in [5.74, 6) is 0. The standard InChI is InChI=1S/C7H3BrClN3.C7H4BrN3O.CH4/c8-5-1-4-2-11-7(9)12-6(4)10-3-5;8-5-1-4-2-10-7(12)11-6(4)9-3-5;/h1-3H;1-3H,(H,9,10,11,12);1H4. The van der Waals surface area contributed by atoms with Crippen LogP contribution in [-0.2, 0) is 0 Å². The summed E-state index contributed by atoms with van der Waals surface area (Å²) in [6, 6.07) is 3.73. The van der Waals surface area contributed by atoms with E-state index >= 15 is 0 Å². The van der Waals surface area contributed by atoms with Gasteiger partial charge in [-0.25, -0.2) is 24.7 Å². The van der Waals surface area contributed by atoms with E-state index in [9.17, 15) is 4.79 Å². The van der Waals surface area contributed by atoms with Gasteiger partial charge in [0.1, 0.15) is 5.65 Å². The van der Waals surface area contributed by atoms with Crippen LogP contribution in [0.4, 0.5) is 0 Å². The molecule has 10 heteroatoms. The molecule has 0 aliphatic rings. The molecule has 0 bridgehead atoms. The molecule has 0 radical (unpaired) electrons. The first-order valence-corrected chi connectivity index (χ1v) is 8.42. The van der Waals surface area contributed by atoms with Crippen LogP contribution in [0.15, 0.2) is 50.7 Å². The van der Waals surface area contributed by atoms with Gasteiger partial charge in [-0.2, -0.15) is 4.98 Å². The lowest BCUT2D eigenvalue weighted by Gasteiger charge is -1.95. The molecule has 4 rings (SSSR count). The van der Waals surface area contributed by atoms with Crippen molar-refractivity contribution in [3.8, 4) is 0 Å². The minimum atomic E-state index is -0.377. The van der Waals surface area contributed by atoms with Crippen LogP contribution in [0.5, 0.6) is 0 Å². The molecule has 1 N–H and O–H groups in total. The molecule has 4 aromatic rings. The second-order valence-electron chi connectivity index (χ2n) is 4.49. The van der Waals surface area contributed by atoms with Crippen molar-refractivity contribution in [2.75, 3.05) is 0 Å². The van der Waals surface area contributed by atoms with E-state index in [1.54, 1.807) is 18.6 Å². The molecule has 0 saturated heterocycles. The lowest BCUT2D eigenvalue weighted by atomic mass is 10.3. The zero-order valence-corrected chi connectivity index (χ0v) is 15.7. The molecule has 0 aromatic carbocycles. The third-order valence-electron chi connectivity index (χ3n) is 2.80. The first-order valence-electron chi connectivity index (χ1n) is 6.45. The summed E-state index contributed by atoms with van der Waals surface area (Å²) in [5, 5.41) is 1.90. The van der Waals surface area contributed by atoms with Gasteiger partial charge >= 0.3 is 5.69 Å². The molecule has 0 aliphatic carbocycles. The van der Waals surface area contributed by atoms with Gasteiger partial charge in [0.05, 0.1) is 0 Å². The summed E-state index contributed by atoms with van der Waals surface area (Å²) in [6.45, 7) is 0. The van der Waals surface area contributed by atoms with Gasteiger partial charge in [-0.1, -0.05) is 7.43 Å². The molecule has 7 nitrogen and oxygen atoms in total. The van der Waals surface area contributed by atoms with E-state index in [1.807, 2.05) is 12.1 Å². The van der Waals surface area contributed by atoms with Crippen molar-refractivity contribution in [3.63, 3.8) is 0 Å². The van der Waals surface area contributed by atoms with Crippen LogP contribution in [-0.4, -0.2) is 29.9 Å². The minimum absolute atomic E-state index is 0. The Bertz CT molecular complexity index is 1050. The summed E-state index contributed by atoms with van der Waals surface area (Å²) < 4.78 is 1.77. The maximum atomic E-state index is 10.7. The van der Waals surface area contributed by atoms with Gasteiger partial charge < -0.3 is 0 Å². The average Bonchev–Trinajstić information content (AvgIpc) is 2.56. The Morgan fingerprint density at radius 2 is 1.52 bits per heavy atom. The minimum Gasteiger partial charge on any atom is -0.290 e. The van der Waals surface area contributed by atoms with Crippen molar-refractivity contribution in [1.29, 1.82) is 0 Å². The van der Waals surface area contributed by atoms with E-state index in [0.717, 1.165) is 19.7 Å². The Hall–Kier alpha value is -1.97. The number of rotatable bonds is 0.